The van der Waals surface area contributed by atoms with Crippen molar-refractivity contribution in [1.29, 1.82) is 0 Å². The molecule has 0 amide bonds. The summed E-state index contributed by atoms with van der Waals surface area (Å²) in [4.78, 5) is 9.26. The van der Waals surface area contributed by atoms with Gasteiger partial charge in [-0.1, -0.05) is 12.2 Å². The molecule has 0 radical (unpaired) electrons. The van der Waals surface area contributed by atoms with Gasteiger partial charge in [0, 0.05) is 39.3 Å². The van der Waals surface area contributed by atoms with Crippen LogP contribution in [0.15, 0.2) is 17.1 Å². The Bertz CT molecular complexity index is 337. The number of guanidine groups is 1. The molecule has 6 heteroatoms. The van der Waals surface area contributed by atoms with Gasteiger partial charge >= 0.3 is 0 Å². The van der Waals surface area contributed by atoms with Gasteiger partial charge in [0.25, 0.3) is 0 Å². The quantitative estimate of drug-likeness (QED) is 0.317. The summed E-state index contributed by atoms with van der Waals surface area (Å²) in [5.74, 6) is 0.936. The lowest BCUT2D eigenvalue weighted by molar-refractivity contribution is 0.280. The first kappa shape index (κ1) is 18.7. The van der Waals surface area contributed by atoms with Crippen molar-refractivity contribution >= 4 is 29.9 Å². The molecule has 21 heavy (non-hydrogen) atoms. The molecule has 1 fully saturated rings. The number of halogens is 1. The minimum Gasteiger partial charge on any atom is -0.355 e. The molecule has 2 N–H and O–H groups in total. The topological polar surface area (TPSA) is 42.9 Å². The van der Waals surface area contributed by atoms with Gasteiger partial charge in [-0.25, -0.2) is 0 Å². The van der Waals surface area contributed by atoms with Crippen LogP contribution in [0.4, 0.5) is 0 Å². The van der Waals surface area contributed by atoms with E-state index in [1.165, 1.54) is 32.6 Å². The molecule has 0 aromatic rings. The highest BCUT2D eigenvalue weighted by Crippen LogP contribution is 2.08. The van der Waals surface area contributed by atoms with E-state index in [2.05, 4.69) is 44.6 Å². The molecular weight excluding hydrogens is 377 g/mol. The largest absolute Gasteiger partial charge is 0.355 e. The van der Waals surface area contributed by atoms with Crippen LogP contribution >= 0.6 is 24.0 Å². The first-order chi connectivity index (χ1) is 9.78. The second-order valence-electron chi connectivity index (χ2n) is 5.78. The fourth-order valence-electron chi connectivity index (χ4n) is 2.78. The van der Waals surface area contributed by atoms with E-state index >= 15 is 0 Å². The smallest absolute Gasteiger partial charge is 0.191 e. The van der Waals surface area contributed by atoms with Crippen molar-refractivity contribution in [2.45, 2.75) is 25.3 Å². The third-order valence-electron chi connectivity index (χ3n) is 4.10. The summed E-state index contributed by atoms with van der Waals surface area (Å²) in [6.07, 6.45) is 7.97. The molecule has 5 nitrogen and oxygen atoms in total. The Balaban J connectivity index is 0.00000220. The summed E-state index contributed by atoms with van der Waals surface area (Å²) in [5.41, 5.74) is 0. The summed E-state index contributed by atoms with van der Waals surface area (Å²) >= 11 is 0. The lowest BCUT2D eigenvalue weighted by atomic mass is 10.2. The van der Waals surface area contributed by atoms with Gasteiger partial charge in [-0.05, 0) is 39.4 Å². The highest BCUT2D eigenvalue weighted by molar-refractivity contribution is 14.0. The number of likely N-dealkylation sites (N-methyl/N-ethyl adjacent to an activating group) is 1. The normalized spacial score (nSPS) is 21.9. The molecule has 122 valence electrons. The highest BCUT2D eigenvalue weighted by Gasteiger charge is 2.13. The monoisotopic (exact) mass is 407 g/mol. The Morgan fingerprint density at radius 2 is 1.95 bits per heavy atom. The fourth-order valence-corrected chi connectivity index (χ4v) is 2.78. The van der Waals surface area contributed by atoms with Crippen LogP contribution in [0.1, 0.15) is 19.3 Å². The zero-order chi connectivity index (χ0) is 14.2. The van der Waals surface area contributed by atoms with Gasteiger partial charge in [0.15, 0.2) is 5.96 Å². The third kappa shape index (κ3) is 6.97. The van der Waals surface area contributed by atoms with E-state index in [1.54, 1.807) is 0 Å². The summed E-state index contributed by atoms with van der Waals surface area (Å²) in [6, 6.07) is 0.521. The molecule has 2 aliphatic rings. The van der Waals surface area contributed by atoms with Gasteiger partial charge in [0.05, 0.1) is 0 Å². The standard InChI is InChI=1S/C15H29N5.HI/c1-16-15(18-14-6-3-4-7-14)17-8-11-20-10-5-9-19(2)12-13-20;/h3-4,14H,5-13H2,1-2H3,(H2,16,17,18);1H. The summed E-state index contributed by atoms with van der Waals surface area (Å²) < 4.78 is 0. The Morgan fingerprint density at radius 3 is 2.67 bits per heavy atom. The van der Waals surface area contributed by atoms with E-state index < -0.39 is 0 Å². The first-order valence-corrected chi connectivity index (χ1v) is 7.81. The molecule has 0 aromatic heterocycles. The molecule has 0 spiro atoms. The lowest BCUT2D eigenvalue weighted by Gasteiger charge is -2.22. The molecule has 0 aromatic carbocycles. The maximum Gasteiger partial charge on any atom is 0.191 e. The van der Waals surface area contributed by atoms with Crippen LogP contribution in [0.5, 0.6) is 0 Å². The molecular formula is C15H30IN5. The van der Waals surface area contributed by atoms with Gasteiger partial charge in [-0.2, -0.15) is 0 Å². The molecule has 0 atom stereocenters. The van der Waals surface area contributed by atoms with Gasteiger partial charge in [0.1, 0.15) is 0 Å². The average molecular weight is 407 g/mol. The maximum atomic E-state index is 4.30. The van der Waals surface area contributed by atoms with Crippen molar-refractivity contribution in [2.75, 3.05) is 53.4 Å². The molecule has 0 unspecified atom stereocenters. The van der Waals surface area contributed by atoms with E-state index in [1.807, 2.05) is 7.05 Å². The number of aliphatic imine (C=N–C) groups is 1. The molecule has 1 aliphatic heterocycles. The summed E-state index contributed by atoms with van der Waals surface area (Å²) in [5, 5.41) is 6.90. The minimum atomic E-state index is 0. The summed E-state index contributed by atoms with van der Waals surface area (Å²) in [6.45, 7) is 6.85. The zero-order valence-corrected chi connectivity index (χ0v) is 15.7. The number of hydrogen-bond acceptors (Lipinski definition) is 3. The number of nitrogens with zero attached hydrogens (tertiary/aromatic N) is 3. The second kappa shape index (κ2) is 10.4. The van der Waals surface area contributed by atoms with Crippen LogP contribution in [0.2, 0.25) is 0 Å². The fraction of sp³-hybridized carbons (Fsp3) is 0.800. The van der Waals surface area contributed by atoms with Crippen molar-refractivity contribution in [3.05, 3.63) is 12.2 Å². The van der Waals surface area contributed by atoms with Crippen LogP contribution < -0.4 is 10.6 Å². The lowest BCUT2D eigenvalue weighted by Crippen LogP contribution is -2.45. The van der Waals surface area contributed by atoms with Gasteiger partial charge in [0.2, 0.25) is 0 Å². The first-order valence-electron chi connectivity index (χ1n) is 7.81. The number of nitrogens with one attached hydrogen (secondary N) is 2. The predicted molar refractivity (Wildman–Crippen MR) is 101 cm³/mol. The zero-order valence-electron chi connectivity index (χ0n) is 13.3. The van der Waals surface area contributed by atoms with Crippen molar-refractivity contribution in [3.8, 4) is 0 Å². The Labute approximate surface area is 146 Å². The Hall–Kier alpha value is -0.340. The molecule has 1 aliphatic carbocycles. The molecule has 0 bridgehead atoms. The minimum absolute atomic E-state index is 0. The van der Waals surface area contributed by atoms with Crippen molar-refractivity contribution in [2.24, 2.45) is 4.99 Å². The molecule has 1 saturated heterocycles. The van der Waals surface area contributed by atoms with E-state index in [4.69, 9.17) is 0 Å². The van der Waals surface area contributed by atoms with Crippen molar-refractivity contribution in [3.63, 3.8) is 0 Å². The van der Waals surface area contributed by atoms with Crippen molar-refractivity contribution < 1.29 is 0 Å². The number of hydrogen-bond donors (Lipinski definition) is 2. The van der Waals surface area contributed by atoms with Crippen molar-refractivity contribution in [1.82, 2.24) is 20.4 Å². The number of rotatable bonds is 4. The Morgan fingerprint density at radius 1 is 1.19 bits per heavy atom. The van der Waals surface area contributed by atoms with Crippen LogP contribution in [0.25, 0.3) is 0 Å². The van der Waals surface area contributed by atoms with E-state index in [-0.39, 0.29) is 24.0 Å². The van der Waals surface area contributed by atoms with Crippen LogP contribution in [0, 0.1) is 0 Å². The van der Waals surface area contributed by atoms with E-state index in [0.717, 1.165) is 31.9 Å². The third-order valence-corrected chi connectivity index (χ3v) is 4.10. The SMILES string of the molecule is CN=C(NCCN1CCCN(C)CC1)NC1CC=CC1.I. The van der Waals surface area contributed by atoms with Crippen LogP contribution in [-0.4, -0.2) is 75.2 Å². The van der Waals surface area contributed by atoms with Crippen LogP contribution in [0.3, 0.4) is 0 Å². The van der Waals surface area contributed by atoms with E-state index in [9.17, 15) is 0 Å². The second-order valence-corrected chi connectivity index (χ2v) is 5.78. The Kier molecular flexibility index (Phi) is 9.26. The van der Waals surface area contributed by atoms with E-state index in [0.29, 0.717) is 6.04 Å². The van der Waals surface area contributed by atoms with Gasteiger partial charge in [-0.15, -0.1) is 24.0 Å². The molecule has 1 heterocycles. The van der Waals surface area contributed by atoms with Gasteiger partial charge < -0.3 is 20.4 Å². The maximum absolute atomic E-state index is 4.30. The summed E-state index contributed by atoms with van der Waals surface area (Å²) in [7, 11) is 4.06. The van der Waals surface area contributed by atoms with Gasteiger partial charge in [-0.3, -0.25) is 4.99 Å². The van der Waals surface area contributed by atoms with Crippen LogP contribution in [-0.2, 0) is 0 Å². The molecule has 2 rings (SSSR count). The average Bonchev–Trinajstić information content (AvgIpc) is 2.87. The highest BCUT2D eigenvalue weighted by atomic mass is 127. The predicted octanol–water partition coefficient (Wildman–Crippen LogP) is 1.13. The molecule has 0 saturated carbocycles.